The molecule has 2 bridgehead atoms. The van der Waals surface area contributed by atoms with Gasteiger partial charge in [-0.05, 0) is 18.9 Å². The summed E-state index contributed by atoms with van der Waals surface area (Å²) in [6.07, 6.45) is 1.78. The molecule has 0 N–H and O–H groups in total. The second-order valence-corrected chi connectivity index (χ2v) is 6.00. The van der Waals surface area contributed by atoms with E-state index in [1.54, 1.807) is 21.9 Å². The molecule has 0 spiro atoms. The van der Waals surface area contributed by atoms with Gasteiger partial charge in [0.1, 0.15) is 5.56 Å². The lowest BCUT2D eigenvalue weighted by molar-refractivity contribution is -0.138. The molecule has 0 aromatic carbocycles. The Morgan fingerprint density at radius 1 is 1.22 bits per heavy atom. The molecule has 23 heavy (non-hydrogen) atoms. The van der Waals surface area contributed by atoms with Crippen molar-refractivity contribution < 1.29 is 19.1 Å². The molecule has 0 saturated carbocycles. The van der Waals surface area contributed by atoms with E-state index < -0.39 is 0 Å². The van der Waals surface area contributed by atoms with Gasteiger partial charge in [-0.2, -0.15) is 4.98 Å². The summed E-state index contributed by atoms with van der Waals surface area (Å²) in [4.78, 5) is 32.8. The van der Waals surface area contributed by atoms with Crippen LogP contribution >= 0.6 is 0 Å². The van der Waals surface area contributed by atoms with Gasteiger partial charge in [-0.15, -0.1) is 0 Å². The number of ether oxygens (including phenoxy) is 2. The average molecular weight is 319 g/mol. The highest BCUT2D eigenvalue weighted by molar-refractivity contribution is 5.97. The molecule has 1 aromatic heterocycles. The van der Waals surface area contributed by atoms with Crippen molar-refractivity contribution in [2.75, 3.05) is 34.4 Å². The van der Waals surface area contributed by atoms with Gasteiger partial charge in [0.2, 0.25) is 17.7 Å². The van der Waals surface area contributed by atoms with E-state index in [-0.39, 0.29) is 29.7 Å². The predicted molar refractivity (Wildman–Crippen MR) is 82.5 cm³/mol. The SMILES string of the molecule is COc1ccc(C(=O)N2C[C@H]3CC[C@@H](C2)N(C)C3=O)c(OC)n1. The molecule has 1 aromatic rings. The van der Waals surface area contributed by atoms with Crippen LogP contribution in [0.15, 0.2) is 12.1 Å². The smallest absolute Gasteiger partial charge is 0.259 e. The lowest BCUT2D eigenvalue weighted by Crippen LogP contribution is -2.45. The number of rotatable bonds is 3. The maximum absolute atomic E-state index is 12.9. The second-order valence-electron chi connectivity index (χ2n) is 6.00. The number of carbonyl (C=O) groups is 2. The lowest BCUT2D eigenvalue weighted by Gasteiger charge is -2.32. The van der Waals surface area contributed by atoms with Crippen molar-refractivity contribution in [1.29, 1.82) is 0 Å². The number of hydrogen-bond donors (Lipinski definition) is 0. The highest BCUT2D eigenvalue weighted by Gasteiger charge is 2.40. The minimum atomic E-state index is -0.156. The minimum Gasteiger partial charge on any atom is -0.481 e. The number of pyridine rings is 1. The largest absolute Gasteiger partial charge is 0.481 e. The van der Waals surface area contributed by atoms with Crippen molar-refractivity contribution >= 4 is 11.8 Å². The molecule has 0 aliphatic carbocycles. The molecule has 4 heterocycles. The number of aromatic nitrogens is 1. The number of hydrogen-bond acceptors (Lipinski definition) is 5. The van der Waals surface area contributed by atoms with Crippen LogP contribution in [0.2, 0.25) is 0 Å². The van der Waals surface area contributed by atoms with Crippen LogP contribution in [0.4, 0.5) is 0 Å². The summed E-state index contributed by atoms with van der Waals surface area (Å²) in [5.41, 5.74) is 0.393. The van der Waals surface area contributed by atoms with Crippen LogP contribution in [0.3, 0.4) is 0 Å². The zero-order chi connectivity index (χ0) is 16.6. The molecule has 2 atom stereocenters. The van der Waals surface area contributed by atoms with Gasteiger partial charge in [0.05, 0.1) is 20.1 Å². The quantitative estimate of drug-likeness (QED) is 0.824. The number of fused-ring (bicyclic) bond motifs is 4. The molecule has 3 fully saturated rings. The van der Waals surface area contributed by atoms with Crippen molar-refractivity contribution in [3.63, 3.8) is 0 Å². The first kappa shape index (κ1) is 15.6. The Balaban J connectivity index is 1.88. The average Bonchev–Trinajstić information content (AvgIpc) is 2.87. The molecule has 0 unspecified atom stereocenters. The first-order chi connectivity index (χ1) is 11.0. The van der Waals surface area contributed by atoms with Crippen molar-refractivity contribution in [2.24, 2.45) is 5.92 Å². The van der Waals surface area contributed by atoms with Gasteiger partial charge in [0.25, 0.3) is 5.91 Å². The van der Waals surface area contributed by atoms with Gasteiger partial charge in [0.15, 0.2) is 0 Å². The van der Waals surface area contributed by atoms with Gasteiger partial charge in [-0.1, -0.05) is 0 Å². The first-order valence-corrected chi connectivity index (χ1v) is 7.70. The van der Waals surface area contributed by atoms with Crippen LogP contribution in [-0.2, 0) is 4.79 Å². The highest BCUT2D eigenvalue weighted by Crippen LogP contribution is 2.30. The Kier molecular flexibility index (Phi) is 4.11. The molecular weight excluding hydrogens is 298 g/mol. The molecule has 7 heteroatoms. The number of piperidine rings is 1. The van der Waals surface area contributed by atoms with Crippen molar-refractivity contribution in [1.82, 2.24) is 14.8 Å². The minimum absolute atomic E-state index is 0.0856. The van der Waals surface area contributed by atoms with E-state index in [0.29, 0.717) is 24.5 Å². The number of nitrogens with zero attached hydrogens (tertiary/aromatic N) is 3. The molecule has 7 nitrogen and oxygen atoms in total. The Morgan fingerprint density at radius 2 is 2.00 bits per heavy atom. The molecule has 3 aliphatic rings. The van der Waals surface area contributed by atoms with Crippen LogP contribution in [0.25, 0.3) is 0 Å². The van der Waals surface area contributed by atoms with Gasteiger partial charge < -0.3 is 19.3 Å². The summed E-state index contributed by atoms with van der Waals surface area (Å²) in [7, 11) is 4.81. The number of amides is 2. The first-order valence-electron chi connectivity index (χ1n) is 7.70. The van der Waals surface area contributed by atoms with Gasteiger partial charge in [-0.25, -0.2) is 0 Å². The molecule has 2 amide bonds. The Bertz CT molecular complexity index is 634. The fraction of sp³-hybridized carbons (Fsp3) is 0.562. The Labute approximate surface area is 135 Å². The summed E-state index contributed by atoms with van der Waals surface area (Å²) in [6.45, 7) is 1.00. The predicted octanol–water partition coefficient (Wildman–Crippen LogP) is 0.792. The summed E-state index contributed by atoms with van der Waals surface area (Å²) in [5.74, 6) is 0.503. The van der Waals surface area contributed by atoms with E-state index in [1.807, 2.05) is 7.05 Å². The zero-order valence-electron chi connectivity index (χ0n) is 13.6. The third-order valence-corrected chi connectivity index (χ3v) is 4.72. The zero-order valence-corrected chi connectivity index (χ0v) is 13.6. The second kappa shape index (κ2) is 6.06. The van der Waals surface area contributed by atoms with Gasteiger partial charge in [0, 0.05) is 32.2 Å². The third-order valence-electron chi connectivity index (χ3n) is 4.72. The fourth-order valence-corrected chi connectivity index (χ4v) is 3.35. The summed E-state index contributed by atoms with van der Waals surface area (Å²) in [5, 5.41) is 0. The fourth-order valence-electron chi connectivity index (χ4n) is 3.35. The van der Waals surface area contributed by atoms with E-state index in [4.69, 9.17) is 9.47 Å². The number of methoxy groups -OCH3 is 2. The van der Waals surface area contributed by atoms with Crippen LogP contribution in [0, 0.1) is 5.92 Å². The number of likely N-dealkylation sites (N-methyl/N-ethyl adjacent to an activating group) is 1. The summed E-state index contributed by atoms with van der Waals surface area (Å²) in [6, 6.07) is 3.38. The van der Waals surface area contributed by atoms with Crippen LogP contribution in [0.1, 0.15) is 23.2 Å². The van der Waals surface area contributed by atoms with Crippen LogP contribution < -0.4 is 9.47 Å². The molecular formula is C16H21N3O4. The molecule has 4 rings (SSSR count). The maximum Gasteiger partial charge on any atom is 0.259 e. The van der Waals surface area contributed by atoms with E-state index in [2.05, 4.69) is 4.98 Å². The molecule has 3 saturated heterocycles. The number of carbonyl (C=O) groups excluding carboxylic acids is 2. The van der Waals surface area contributed by atoms with E-state index in [1.165, 1.54) is 14.2 Å². The van der Waals surface area contributed by atoms with Crippen molar-refractivity contribution in [3.8, 4) is 11.8 Å². The van der Waals surface area contributed by atoms with E-state index >= 15 is 0 Å². The van der Waals surface area contributed by atoms with Crippen LogP contribution in [0.5, 0.6) is 11.8 Å². The van der Waals surface area contributed by atoms with E-state index in [0.717, 1.165) is 12.8 Å². The summed E-state index contributed by atoms with van der Waals surface area (Å²) >= 11 is 0. The summed E-state index contributed by atoms with van der Waals surface area (Å²) < 4.78 is 10.3. The molecule has 0 radical (unpaired) electrons. The monoisotopic (exact) mass is 319 g/mol. The van der Waals surface area contributed by atoms with Crippen molar-refractivity contribution in [2.45, 2.75) is 18.9 Å². The third kappa shape index (κ3) is 2.71. The Morgan fingerprint density at radius 3 is 2.70 bits per heavy atom. The van der Waals surface area contributed by atoms with Gasteiger partial charge >= 0.3 is 0 Å². The highest BCUT2D eigenvalue weighted by atomic mass is 16.5. The van der Waals surface area contributed by atoms with Gasteiger partial charge in [-0.3, -0.25) is 9.59 Å². The molecule has 124 valence electrons. The van der Waals surface area contributed by atoms with Crippen LogP contribution in [-0.4, -0.2) is 67.0 Å². The van der Waals surface area contributed by atoms with Crippen molar-refractivity contribution in [3.05, 3.63) is 17.7 Å². The lowest BCUT2D eigenvalue weighted by atomic mass is 9.95. The standard InChI is InChI=1S/C16H21N3O4/c1-18-11-5-4-10(15(18)20)8-19(9-11)16(21)12-6-7-13(22-2)17-14(12)23-3/h6-7,10-11H,4-5,8-9H2,1-3H3/t10-,11+/m1/s1. The maximum atomic E-state index is 12.9. The Hall–Kier alpha value is -2.31. The topological polar surface area (TPSA) is 72.0 Å². The molecule has 3 aliphatic heterocycles. The van der Waals surface area contributed by atoms with E-state index in [9.17, 15) is 9.59 Å². The normalized spacial score (nSPS) is 23.7.